The lowest BCUT2D eigenvalue weighted by atomic mass is 10.1. The molecule has 1 aromatic rings. The van der Waals surface area contributed by atoms with E-state index in [0.29, 0.717) is 17.9 Å². The van der Waals surface area contributed by atoms with Gasteiger partial charge in [-0.25, -0.2) is 4.39 Å². The first kappa shape index (κ1) is 10.5. The zero-order valence-corrected chi connectivity index (χ0v) is 8.18. The molecule has 72 valence electrons. The molecule has 1 nitrogen and oxygen atoms in total. The zero-order chi connectivity index (χ0) is 9.84. The minimum atomic E-state index is -0.419. The van der Waals surface area contributed by atoms with Gasteiger partial charge in [-0.1, -0.05) is 18.5 Å². The highest BCUT2D eigenvalue weighted by molar-refractivity contribution is 6.30. The third-order valence-corrected chi connectivity index (χ3v) is 2.08. The molecule has 0 radical (unpaired) electrons. The zero-order valence-electron chi connectivity index (χ0n) is 7.43. The summed E-state index contributed by atoms with van der Waals surface area (Å²) >= 11 is 5.66. The Morgan fingerprint density at radius 1 is 1.46 bits per heavy atom. The molecular formula is C10H12ClFO. The van der Waals surface area contributed by atoms with Gasteiger partial charge in [0.15, 0.2) is 0 Å². The van der Waals surface area contributed by atoms with Gasteiger partial charge in [0.05, 0.1) is 6.10 Å². The standard InChI is InChI=1S/C10H12ClFO/c1-2-10(13)5-7-3-8(11)6-9(12)4-7/h3-4,6,10,13H,2,5H2,1H3/t10-/m0/s1. The Balaban J connectivity index is 2.77. The van der Waals surface area contributed by atoms with Gasteiger partial charge in [-0.05, 0) is 36.6 Å². The number of aliphatic hydroxyl groups is 1. The van der Waals surface area contributed by atoms with Crippen molar-refractivity contribution in [2.45, 2.75) is 25.9 Å². The molecule has 0 fully saturated rings. The van der Waals surface area contributed by atoms with Crippen LogP contribution < -0.4 is 0 Å². The molecule has 1 rings (SSSR count). The first-order chi connectivity index (χ1) is 6.11. The van der Waals surface area contributed by atoms with Crippen LogP contribution >= 0.6 is 11.6 Å². The fourth-order valence-corrected chi connectivity index (χ4v) is 1.39. The second-order valence-electron chi connectivity index (χ2n) is 3.04. The Kier molecular flexibility index (Phi) is 3.70. The van der Waals surface area contributed by atoms with Gasteiger partial charge in [0.25, 0.3) is 0 Å². The van der Waals surface area contributed by atoms with Crippen molar-refractivity contribution in [3.63, 3.8) is 0 Å². The summed E-state index contributed by atoms with van der Waals surface area (Å²) in [5.41, 5.74) is 0.736. The average Bonchev–Trinajstić information content (AvgIpc) is 2.02. The molecule has 1 N–H and O–H groups in total. The van der Waals surface area contributed by atoms with E-state index >= 15 is 0 Å². The summed E-state index contributed by atoms with van der Waals surface area (Å²) in [5.74, 6) is -0.356. The maximum atomic E-state index is 12.8. The maximum Gasteiger partial charge on any atom is 0.124 e. The van der Waals surface area contributed by atoms with E-state index in [9.17, 15) is 9.50 Å². The van der Waals surface area contributed by atoms with Crippen molar-refractivity contribution in [2.75, 3.05) is 0 Å². The summed E-state index contributed by atoms with van der Waals surface area (Å²) in [6, 6.07) is 4.32. The van der Waals surface area contributed by atoms with Crippen molar-refractivity contribution in [3.8, 4) is 0 Å². The minimum absolute atomic E-state index is 0.356. The fourth-order valence-electron chi connectivity index (χ4n) is 1.15. The Bertz CT molecular complexity index is 268. The highest BCUT2D eigenvalue weighted by Crippen LogP contribution is 2.15. The SMILES string of the molecule is CC[C@H](O)Cc1cc(F)cc(Cl)c1. The summed E-state index contributed by atoms with van der Waals surface area (Å²) in [4.78, 5) is 0. The Morgan fingerprint density at radius 3 is 2.69 bits per heavy atom. The Morgan fingerprint density at radius 2 is 2.15 bits per heavy atom. The second kappa shape index (κ2) is 4.58. The fraction of sp³-hybridized carbons (Fsp3) is 0.400. The van der Waals surface area contributed by atoms with E-state index in [2.05, 4.69) is 0 Å². The van der Waals surface area contributed by atoms with E-state index in [1.165, 1.54) is 12.1 Å². The number of halogens is 2. The van der Waals surface area contributed by atoms with E-state index in [4.69, 9.17) is 11.6 Å². The van der Waals surface area contributed by atoms with Gasteiger partial charge in [-0.2, -0.15) is 0 Å². The third-order valence-electron chi connectivity index (χ3n) is 1.86. The van der Waals surface area contributed by atoms with Crippen LogP contribution in [0.4, 0.5) is 4.39 Å². The van der Waals surface area contributed by atoms with E-state index in [-0.39, 0.29) is 5.82 Å². The minimum Gasteiger partial charge on any atom is -0.393 e. The van der Waals surface area contributed by atoms with Crippen molar-refractivity contribution >= 4 is 11.6 Å². The molecule has 1 aromatic carbocycles. The molecule has 1 atom stereocenters. The summed E-state index contributed by atoms with van der Waals surface area (Å²) in [7, 11) is 0. The highest BCUT2D eigenvalue weighted by atomic mass is 35.5. The van der Waals surface area contributed by atoms with Crippen LogP contribution in [0.15, 0.2) is 18.2 Å². The molecule has 13 heavy (non-hydrogen) atoms. The van der Waals surface area contributed by atoms with Gasteiger partial charge < -0.3 is 5.11 Å². The molecule has 0 saturated heterocycles. The molecule has 0 bridgehead atoms. The predicted molar refractivity (Wildman–Crippen MR) is 51.4 cm³/mol. The summed E-state index contributed by atoms with van der Waals surface area (Å²) in [6.45, 7) is 1.88. The Labute approximate surface area is 82.2 Å². The van der Waals surface area contributed by atoms with Crippen LogP contribution in [0.3, 0.4) is 0 Å². The van der Waals surface area contributed by atoms with Gasteiger partial charge >= 0.3 is 0 Å². The molecule has 0 aromatic heterocycles. The highest BCUT2D eigenvalue weighted by Gasteiger charge is 2.04. The number of rotatable bonds is 3. The van der Waals surface area contributed by atoms with Crippen LogP contribution in [0.25, 0.3) is 0 Å². The van der Waals surface area contributed by atoms with Crippen molar-refractivity contribution in [3.05, 3.63) is 34.6 Å². The monoisotopic (exact) mass is 202 g/mol. The number of hydrogen-bond acceptors (Lipinski definition) is 1. The van der Waals surface area contributed by atoms with E-state index < -0.39 is 6.10 Å². The van der Waals surface area contributed by atoms with Gasteiger partial charge in [0, 0.05) is 5.02 Å². The summed E-state index contributed by atoms with van der Waals surface area (Å²) < 4.78 is 12.8. The van der Waals surface area contributed by atoms with Crippen LogP contribution in [0.2, 0.25) is 5.02 Å². The molecule has 0 aliphatic heterocycles. The number of benzene rings is 1. The predicted octanol–water partition coefficient (Wildman–Crippen LogP) is 2.79. The lowest BCUT2D eigenvalue weighted by molar-refractivity contribution is 0.170. The summed E-state index contributed by atoms with van der Waals surface area (Å²) in [5, 5.41) is 9.70. The summed E-state index contributed by atoms with van der Waals surface area (Å²) in [6.07, 6.45) is 0.695. The topological polar surface area (TPSA) is 20.2 Å². The molecule has 3 heteroatoms. The van der Waals surface area contributed by atoms with E-state index in [1.807, 2.05) is 6.92 Å². The van der Waals surface area contributed by atoms with Crippen molar-refractivity contribution < 1.29 is 9.50 Å². The first-order valence-electron chi connectivity index (χ1n) is 4.25. The van der Waals surface area contributed by atoms with Gasteiger partial charge in [0.1, 0.15) is 5.82 Å². The van der Waals surface area contributed by atoms with E-state index in [0.717, 1.165) is 5.56 Å². The molecular weight excluding hydrogens is 191 g/mol. The second-order valence-corrected chi connectivity index (χ2v) is 3.48. The number of hydrogen-bond donors (Lipinski definition) is 1. The lowest BCUT2D eigenvalue weighted by Crippen LogP contribution is -2.08. The largest absolute Gasteiger partial charge is 0.393 e. The van der Waals surface area contributed by atoms with Crippen LogP contribution in [0.1, 0.15) is 18.9 Å². The van der Waals surface area contributed by atoms with Crippen molar-refractivity contribution in [2.24, 2.45) is 0 Å². The quantitative estimate of drug-likeness (QED) is 0.799. The van der Waals surface area contributed by atoms with Crippen molar-refractivity contribution in [1.82, 2.24) is 0 Å². The maximum absolute atomic E-state index is 12.8. The van der Waals surface area contributed by atoms with Crippen molar-refractivity contribution in [1.29, 1.82) is 0 Å². The average molecular weight is 203 g/mol. The third kappa shape index (κ3) is 3.33. The van der Waals surface area contributed by atoms with Crippen LogP contribution in [-0.2, 0) is 6.42 Å². The molecule has 0 heterocycles. The van der Waals surface area contributed by atoms with Gasteiger partial charge in [-0.15, -0.1) is 0 Å². The molecule has 0 aliphatic carbocycles. The number of aliphatic hydroxyl groups excluding tert-OH is 1. The van der Waals surface area contributed by atoms with Crippen LogP contribution in [0.5, 0.6) is 0 Å². The van der Waals surface area contributed by atoms with Gasteiger partial charge in [-0.3, -0.25) is 0 Å². The molecule has 0 amide bonds. The molecule has 0 aliphatic rings. The molecule has 0 spiro atoms. The lowest BCUT2D eigenvalue weighted by Gasteiger charge is -2.07. The molecule has 0 unspecified atom stereocenters. The normalized spacial score (nSPS) is 12.9. The Hall–Kier alpha value is -0.600. The van der Waals surface area contributed by atoms with E-state index in [1.54, 1.807) is 6.07 Å². The smallest absolute Gasteiger partial charge is 0.124 e. The first-order valence-corrected chi connectivity index (χ1v) is 4.62. The van der Waals surface area contributed by atoms with Crippen LogP contribution in [-0.4, -0.2) is 11.2 Å². The van der Waals surface area contributed by atoms with Gasteiger partial charge in [0.2, 0.25) is 0 Å². The van der Waals surface area contributed by atoms with Crippen LogP contribution in [0, 0.1) is 5.82 Å². The molecule has 0 saturated carbocycles.